The predicted molar refractivity (Wildman–Crippen MR) is 225 cm³/mol. The number of rotatable bonds is 12. The Morgan fingerprint density at radius 3 is 1.39 bits per heavy atom. The number of nitrogens with zero attached hydrogens (tertiary/aromatic N) is 6. The molecule has 0 bridgehead atoms. The van der Waals surface area contributed by atoms with Crippen molar-refractivity contribution >= 4 is 54.6 Å². The second kappa shape index (κ2) is 15.9. The van der Waals surface area contributed by atoms with E-state index in [9.17, 15) is 0 Å². The number of ether oxygens (including phenoxy) is 2. The normalized spacial score (nSPS) is 11.5. The second-order valence-corrected chi connectivity index (χ2v) is 14.3. The van der Waals surface area contributed by atoms with Crippen molar-refractivity contribution in [3.63, 3.8) is 0 Å². The third kappa shape index (κ3) is 6.54. The Morgan fingerprint density at radius 2 is 1.00 bits per heavy atom. The van der Waals surface area contributed by atoms with Crippen molar-refractivity contribution in [2.24, 2.45) is 0 Å². The lowest BCUT2D eigenvalue weighted by atomic mass is 10.1. The van der Waals surface area contributed by atoms with Crippen LogP contribution in [-0.2, 0) is 38.8 Å². The van der Waals surface area contributed by atoms with E-state index < -0.39 is 0 Å². The number of aromatic nitrogens is 6. The summed E-state index contributed by atoms with van der Waals surface area (Å²) in [5.74, 6) is 14.7. The van der Waals surface area contributed by atoms with Crippen LogP contribution in [0, 0.1) is 23.7 Å². The maximum absolute atomic E-state index is 5.65. The fraction of sp³-hybridized carbons (Fsp3) is 0.333. The van der Waals surface area contributed by atoms with E-state index in [-0.39, 0.29) is 0 Å². The molecule has 8 heteroatoms. The highest BCUT2D eigenvalue weighted by molar-refractivity contribution is 6.13. The Bertz CT molecular complexity index is 2710. The molecule has 0 fully saturated rings. The summed E-state index contributed by atoms with van der Waals surface area (Å²) in [5, 5.41) is 14.9. The number of unbranched alkanes of at least 4 members (excludes halogenated alkanes) is 2. The van der Waals surface area contributed by atoms with E-state index in [1.807, 2.05) is 21.2 Å². The molecule has 0 N–H and O–H groups in total. The molecule has 8 rings (SSSR count). The summed E-state index contributed by atoms with van der Waals surface area (Å²) in [7, 11) is 3.45. The lowest BCUT2D eigenvalue weighted by Crippen LogP contribution is -2.29. The number of aryl methyl sites for hydroxylation is 6. The van der Waals surface area contributed by atoms with Crippen LogP contribution in [0.2, 0.25) is 0 Å². The van der Waals surface area contributed by atoms with E-state index in [0.717, 1.165) is 98.4 Å². The largest absolute Gasteiger partial charge is 0.497 e. The molecule has 0 saturated carbocycles. The number of benzene rings is 2. The van der Waals surface area contributed by atoms with E-state index >= 15 is 0 Å². The Hall–Kier alpha value is -6.12. The number of hydrogen-bond donors (Lipinski definition) is 0. The molecule has 2 aromatic carbocycles. The van der Waals surface area contributed by atoms with Crippen molar-refractivity contribution in [2.45, 2.75) is 92.2 Å². The van der Waals surface area contributed by atoms with Gasteiger partial charge in [0.1, 0.15) is 33.9 Å². The topological polar surface area (TPSA) is 62.3 Å². The van der Waals surface area contributed by atoms with Crippen LogP contribution in [0.4, 0.5) is 0 Å². The standard InChI is InChI=1S/C48H50N6O2/c1-7-33-29-45-47-39(23-27-53(45)49-41(33)9-3)37-21-19-35(55-5)31-43(37)51(47)25-17-15-13-11-12-14-16-18-26-52-44-32-36(56-6)20-22-38(44)40-24-28-54-46(48(40)52)30-34(8-2)42(10-4)50-54/h19-24,27-32H,7-10,15-18,25-26H2,1-6H3/q+2. The first-order chi connectivity index (χ1) is 27.5. The lowest BCUT2D eigenvalue weighted by molar-refractivity contribution is -0.581. The molecule has 0 atom stereocenters. The maximum atomic E-state index is 5.65. The summed E-state index contributed by atoms with van der Waals surface area (Å²) in [6, 6.07) is 21.8. The van der Waals surface area contributed by atoms with Gasteiger partial charge in [0.15, 0.2) is 0 Å². The van der Waals surface area contributed by atoms with Crippen molar-refractivity contribution in [2.75, 3.05) is 14.2 Å². The SMILES string of the molecule is CCc1cc2c3c(cc[n+]2nc1CC)c1ccc(OC)cc1n3CCCC#CC#CCCCn1c2cc(OC)ccc2c2cc[n+]3nc(CC)c(CC)cc3c21. The molecule has 0 aliphatic heterocycles. The first kappa shape index (κ1) is 36.8. The average Bonchev–Trinajstić information content (AvgIpc) is 3.74. The van der Waals surface area contributed by atoms with E-state index in [1.165, 1.54) is 54.7 Å². The lowest BCUT2D eigenvalue weighted by Gasteiger charge is -2.08. The third-order valence-corrected chi connectivity index (χ3v) is 11.2. The minimum Gasteiger partial charge on any atom is -0.497 e. The van der Waals surface area contributed by atoms with Crippen LogP contribution in [-0.4, -0.2) is 33.6 Å². The Balaban J connectivity index is 1.00. The predicted octanol–water partition coefficient (Wildman–Crippen LogP) is 8.70. The minimum absolute atomic E-state index is 0.762. The minimum atomic E-state index is 0.762. The van der Waals surface area contributed by atoms with Gasteiger partial charge in [-0.15, -0.1) is 0 Å². The van der Waals surface area contributed by atoms with Crippen LogP contribution in [0.5, 0.6) is 11.5 Å². The highest BCUT2D eigenvalue weighted by Gasteiger charge is 2.23. The van der Waals surface area contributed by atoms with E-state index in [4.69, 9.17) is 19.7 Å². The fourth-order valence-electron chi connectivity index (χ4n) is 8.39. The van der Waals surface area contributed by atoms with Gasteiger partial charge in [0.2, 0.25) is 12.4 Å². The summed E-state index contributed by atoms with van der Waals surface area (Å²) < 4.78 is 20.2. The molecule has 0 radical (unpaired) electrons. The Kier molecular flexibility index (Phi) is 10.5. The first-order valence-electron chi connectivity index (χ1n) is 20.1. The number of methoxy groups -OCH3 is 2. The van der Waals surface area contributed by atoms with Gasteiger partial charge in [-0.2, -0.15) is 0 Å². The van der Waals surface area contributed by atoms with Crippen molar-refractivity contribution in [1.29, 1.82) is 0 Å². The first-order valence-corrected chi connectivity index (χ1v) is 20.1. The van der Waals surface area contributed by atoms with Gasteiger partial charge in [-0.05, 0) is 85.8 Å². The fourth-order valence-corrected chi connectivity index (χ4v) is 8.39. The molecular formula is C48H50N6O2+2. The van der Waals surface area contributed by atoms with Crippen molar-refractivity contribution in [3.8, 4) is 35.2 Å². The zero-order valence-corrected chi connectivity index (χ0v) is 33.5. The van der Waals surface area contributed by atoms with Crippen molar-refractivity contribution in [1.82, 2.24) is 19.3 Å². The van der Waals surface area contributed by atoms with Gasteiger partial charge in [0.25, 0.3) is 11.0 Å². The molecule has 0 aliphatic carbocycles. The molecule has 0 amide bonds. The van der Waals surface area contributed by atoms with Crippen molar-refractivity contribution < 1.29 is 18.5 Å². The summed E-state index contributed by atoms with van der Waals surface area (Å²) in [4.78, 5) is 0. The Morgan fingerprint density at radius 1 is 0.554 bits per heavy atom. The number of hydrogen-bond acceptors (Lipinski definition) is 4. The Labute approximate surface area is 328 Å². The van der Waals surface area contributed by atoms with Crippen LogP contribution >= 0.6 is 0 Å². The van der Waals surface area contributed by atoms with Crippen LogP contribution in [0.1, 0.15) is 75.9 Å². The molecule has 0 aliphatic rings. The molecule has 6 aromatic heterocycles. The molecule has 0 saturated heterocycles. The monoisotopic (exact) mass is 742 g/mol. The average molecular weight is 743 g/mol. The van der Waals surface area contributed by atoms with Crippen LogP contribution in [0.3, 0.4) is 0 Å². The van der Waals surface area contributed by atoms with Crippen LogP contribution in [0.25, 0.3) is 54.6 Å². The van der Waals surface area contributed by atoms with Gasteiger partial charge < -0.3 is 18.6 Å². The third-order valence-electron chi connectivity index (χ3n) is 11.2. The molecule has 282 valence electrons. The second-order valence-electron chi connectivity index (χ2n) is 14.3. The quantitative estimate of drug-likeness (QED) is 0.0714. The van der Waals surface area contributed by atoms with Crippen LogP contribution in [0.15, 0.2) is 73.1 Å². The van der Waals surface area contributed by atoms with Gasteiger partial charge in [-0.1, -0.05) is 48.6 Å². The zero-order chi connectivity index (χ0) is 38.8. The smallest absolute Gasteiger partial charge is 0.262 e. The summed E-state index contributed by atoms with van der Waals surface area (Å²) >= 11 is 0. The molecule has 56 heavy (non-hydrogen) atoms. The van der Waals surface area contributed by atoms with Gasteiger partial charge >= 0.3 is 0 Å². The van der Waals surface area contributed by atoms with Crippen LogP contribution < -0.4 is 18.5 Å². The van der Waals surface area contributed by atoms with E-state index in [0.29, 0.717) is 0 Å². The molecule has 0 unspecified atom stereocenters. The molecule has 8 nitrogen and oxygen atoms in total. The molecule has 8 aromatic rings. The summed E-state index contributed by atoms with van der Waals surface area (Å²) in [6.07, 6.45) is 11.3. The molecule has 6 heterocycles. The van der Waals surface area contributed by atoms with E-state index in [1.54, 1.807) is 14.2 Å². The highest BCUT2D eigenvalue weighted by atomic mass is 16.5. The van der Waals surface area contributed by atoms with Gasteiger partial charge in [-0.3, -0.25) is 0 Å². The van der Waals surface area contributed by atoms with Gasteiger partial charge in [0, 0.05) is 94.1 Å². The van der Waals surface area contributed by atoms with Gasteiger partial charge in [-0.25, -0.2) is 0 Å². The number of fused-ring (bicyclic) bond motifs is 10. The maximum Gasteiger partial charge on any atom is 0.262 e. The highest BCUT2D eigenvalue weighted by Crippen LogP contribution is 2.35. The summed E-state index contributed by atoms with van der Waals surface area (Å²) in [5.41, 5.74) is 11.9. The zero-order valence-electron chi connectivity index (χ0n) is 33.5. The molecular weight excluding hydrogens is 693 g/mol. The van der Waals surface area contributed by atoms with E-state index in [2.05, 4.69) is 121 Å². The number of pyridine rings is 2. The molecule has 0 spiro atoms. The van der Waals surface area contributed by atoms with Crippen molar-refractivity contribution in [3.05, 3.63) is 95.6 Å². The summed E-state index contributed by atoms with van der Waals surface area (Å²) in [6.45, 7) is 10.4. The van der Waals surface area contributed by atoms with Gasteiger partial charge in [0.05, 0.1) is 25.3 Å².